The molecule has 0 bridgehead atoms. The maximum Gasteiger partial charge on any atom is 0.0157 e. The lowest BCUT2D eigenvalue weighted by molar-refractivity contribution is 0.0754. The fourth-order valence-corrected chi connectivity index (χ4v) is 3.20. The van der Waals surface area contributed by atoms with E-state index in [0.717, 1.165) is 19.0 Å². The van der Waals surface area contributed by atoms with E-state index in [1.165, 1.54) is 45.4 Å². The van der Waals surface area contributed by atoms with Crippen molar-refractivity contribution in [1.29, 1.82) is 0 Å². The Morgan fingerprint density at radius 2 is 1.88 bits per heavy atom. The first-order valence-electron chi connectivity index (χ1n) is 6.85. The van der Waals surface area contributed by atoms with Crippen LogP contribution in [0.25, 0.3) is 0 Å². The second-order valence-electron chi connectivity index (χ2n) is 5.97. The molecular weight excluding hydrogens is 198 g/mol. The molecule has 0 aliphatic carbocycles. The van der Waals surface area contributed by atoms with Gasteiger partial charge < -0.3 is 10.6 Å². The van der Waals surface area contributed by atoms with Gasteiger partial charge in [-0.15, -0.1) is 0 Å². The molecule has 0 saturated carbocycles. The fourth-order valence-electron chi connectivity index (χ4n) is 3.20. The Labute approximate surface area is 100.0 Å². The third kappa shape index (κ3) is 3.19. The molecule has 2 aliphatic heterocycles. The van der Waals surface area contributed by atoms with Crippen LogP contribution in [0.15, 0.2) is 0 Å². The summed E-state index contributed by atoms with van der Waals surface area (Å²) >= 11 is 0. The number of nitrogens with zero attached hydrogens (tertiary/aromatic N) is 1. The van der Waals surface area contributed by atoms with Gasteiger partial charge in [-0.05, 0) is 52.1 Å². The van der Waals surface area contributed by atoms with Gasteiger partial charge in [0.2, 0.25) is 0 Å². The lowest BCUT2D eigenvalue weighted by atomic mass is 9.84. The van der Waals surface area contributed by atoms with Crippen molar-refractivity contribution in [3.63, 3.8) is 0 Å². The van der Waals surface area contributed by atoms with Crippen LogP contribution < -0.4 is 10.6 Å². The van der Waals surface area contributed by atoms with E-state index in [0.29, 0.717) is 5.54 Å². The maximum absolute atomic E-state index is 3.53. The van der Waals surface area contributed by atoms with Crippen LogP contribution in [0.4, 0.5) is 0 Å². The lowest BCUT2D eigenvalue weighted by Gasteiger charge is -2.43. The number of piperidine rings is 1. The number of rotatable bonds is 3. The summed E-state index contributed by atoms with van der Waals surface area (Å²) in [7, 11) is 0. The highest BCUT2D eigenvalue weighted by atomic mass is 15.2. The summed E-state index contributed by atoms with van der Waals surface area (Å²) in [5.74, 6) is 0.888. The zero-order valence-corrected chi connectivity index (χ0v) is 10.9. The molecule has 0 radical (unpaired) electrons. The van der Waals surface area contributed by atoms with Crippen molar-refractivity contribution in [2.24, 2.45) is 5.92 Å². The second kappa shape index (κ2) is 5.48. The summed E-state index contributed by atoms with van der Waals surface area (Å²) in [5.41, 5.74) is 0.381. The lowest BCUT2D eigenvalue weighted by Crippen LogP contribution is -2.54. The SMILES string of the molecule is CC(C)(CC1CCCNC1)N1CCNCC1. The standard InChI is InChI=1S/C13H27N3/c1-13(2,16-8-6-14-7-9-16)10-12-4-3-5-15-11-12/h12,14-15H,3-11H2,1-2H3. The van der Waals surface area contributed by atoms with Crippen molar-refractivity contribution in [3.8, 4) is 0 Å². The number of hydrogen-bond acceptors (Lipinski definition) is 3. The van der Waals surface area contributed by atoms with Gasteiger partial charge in [0, 0.05) is 31.7 Å². The Kier molecular flexibility index (Phi) is 4.22. The van der Waals surface area contributed by atoms with Crippen LogP contribution >= 0.6 is 0 Å². The van der Waals surface area contributed by atoms with E-state index in [9.17, 15) is 0 Å². The minimum Gasteiger partial charge on any atom is -0.316 e. The third-order valence-electron chi connectivity index (χ3n) is 4.16. The molecule has 16 heavy (non-hydrogen) atoms. The topological polar surface area (TPSA) is 27.3 Å². The van der Waals surface area contributed by atoms with Crippen LogP contribution in [0.3, 0.4) is 0 Å². The summed E-state index contributed by atoms with van der Waals surface area (Å²) in [5, 5.41) is 6.97. The van der Waals surface area contributed by atoms with Gasteiger partial charge in [0.25, 0.3) is 0 Å². The smallest absolute Gasteiger partial charge is 0.0157 e. The van der Waals surface area contributed by atoms with Gasteiger partial charge in [0.05, 0.1) is 0 Å². The first-order chi connectivity index (χ1) is 7.68. The van der Waals surface area contributed by atoms with Crippen molar-refractivity contribution in [2.75, 3.05) is 39.3 Å². The van der Waals surface area contributed by atoms with Gasteiger partial charge >= 0.3 is 0 Å². The molecule has 1 unspecified atom stereocenters. The van der Waals surface area contributed by atoms with Gasteiger partial charge in [-0.1, -0.05) is 0 Å². The van der Waals surface area contributed by atoms with Gasteiger partial charge in [0.1, 0.15) is 0 Å². The molecule has 3 heteroatoms. The van der Waals surface area contributed by atoms with Gasteiger partial charge in [-0.25, -0.2) is 0 Å². The molecule has 0 aromatic rings. The molecule has 0 amide bonds. The summed E-state index contributed by atoms with van der Waals surface area (Å²) in [4.78, 5) is 2.66. The van der Waals surface area contributed by atoms with Crippen LogP contribution in [-0.4, -0.2) is 49.7 Å². The van der Waals surface area contributed by atoms with Crippen LogP contribution in [0.5, 0.6) is 0 Å². The van der Waals surface area contributed by atoms with Crippen molar-refractivity contribution in [2.45, 2.75) is 38.6 Å². The summed E-state index contributed by atoms with van der Waals surface area (Å²) in [6.45, 7) is 12.1. The molecule has 0 aromatic carbocycles. The highest BCUT2D eigenvalue weighted by Crippen LogP contribution is 2.27. The molecule has 2 aliphatic rings. The molecule has 1 atom stereocenters. The predicted octanol–water partition coefficient (Wildman–Crippen LogP) is 1.06. The van der Waals surface area contributed by atoms with E-state index in [-0.39, 0.29) is 0 Å². The van der Waals surface area contributed by atoms with Crippen molar-refractivity contribution >= 4 is 0 Å². The largest absolute Gasteiger partial charge is 0.316 e. The normalized spacial score (nSPS) is 29.2. The molecule has 0 aromatic heterocycles. The Morgan fingerprint density at radius 3 is 2.50 bits per heavy atom. The molecule has 3 nitrogen and oxygen atoms in total. The summed E-state index contributed by atoms with van der Waals surface area (Å²) in [6.07, 6.45) is 4.13. The van der Waals surface area contributed by atoms with Crippen LogP contribution in [0.2, 0.25) is 0 Å². The van der Waals surface area contributed by atoms with Crippen LogP contribution in [0.1, 0.15) is 33.1 Å². The zero-order chi connectivity index (χ0) is 11.4. The molecule has 0 spiro atoms. The first-order valence-corrected chi connectivity index (χ1v) is 6.85. The number of nitrogens with one attached hydrogen (secondary N) is 2. The third-order valence-corrected chi connectivity index (χ3v) is 4.16. The van der Waals surface area contributed by atoms with E-state index in [2.05, 4.69) is 29.4 Å². The second-order valence-corrected chi connectivity index (χ2v) is 5.97. The van der Waals surface area contributed by atoms with Crippen molar-refractivity contribution < 1.29 is 0 Å². The molecule has 2 heterocycles. The minimum atomic E-state index is 0.381. The first kappa shape index (κ1) is 12.3. The van der Waals surface area contributed by atoms with E-state index < -0.39 is 0 Å². The highest BCUT2D eigenvalue weighted by Gasteiger charge is 2.30. The Morgan fingerprint density at radius 1 is 1.12 bits per heavy atom. The van der Waals surface area contributed by atoms with E-state index in [1.807, 2.05) is 0 Å². The Balaban J connectivity index is 1.84. The van der Waals surface area contributed by atoms with E-state index >= 15 is 0 Å². The highest BCUT2D eigenvalue weighted by molar-refractivity contribution is 4.88. The van der Waals surface area contributed by atoms with Gasteiger partial charge in [-0.2, -0.15) is 0 Å². The predicted molar refractivity (Wildman–Crippen MR) is 68.7 cm³/mol. The maximum atomic E-state index is 3.53. The van der Waals surface area contributed by atoms with Gasteiger partial charge in [-0.3, -0.25) is 4.90 Å². The Bertz CT molecular complexity index is 203. The van der Waals surface area contributed by atoms with Gasteiger partial charge in [0.15, 0.2) is 0 Å². The minimum absolute atomic E-state index is 0.381. The quantitative estimate of drug-likeness (QED) is 0.752. The monoisotopic (exact) mass is 225 g/mol. The molecule has 2 saturated heterocycles. The fraction of sp³-hybridized carbons (Fsp3) is 1.00. The average molecular weight is 225 g/mol. The number of piperazine rings is 1. The Hall–Kier alpha value is -0.120. The molecular formula is C13H27N3. The number of hydrogen-bond donors (Lipinski definition) is 2. The summed E-state index contributed by atoms with van der Waals surface area (Å²) in [6, 6.07) is 0. The molecule has 94 valence electrons. The average Bonchev–Trinajstić information content (AvgIpc) is 2.31. The van der Waals surface area contributed by atoms with Crippen molar-refractivity contribution in [3.05, 3.63) is 0 Å². The van der Waals surface area contributed by atoms with Crippen LogP contribution in [-0.2, 0) is 0 Å². The molecule has 2 rings (SSSR count). The van der Waals surface area contributed by atoms with Crippen LogP contribution in [0, 0.1) is 5.92 Å². The summed E-state index contributed by atoms with van der Waals surface area (Å²) < 4.78 is 0. The zero-order valence-electron chi connectivity index (χ0n) is 10.9. The molecule has 2 fully saturated rings. The van der Waals surface area contributed by atoms with E-state index in [1.54, 1.807) is 0 Å². The van der Waals surface area contributed by atoms with E-state index in [4.69, 9.17) is 0 Å². The van der Waals surface area contributed by atoms with Crippen molar-refractivity contribution in [1.82, 2.24) is 15.5 Å². The molecule has 2 N–H and O–H groups in total.